The summed E-state index contributed by atoms with van der Waals surface area (Å²) in [5.41, 5.74) is 10.2. The Balaban J connectivity index is 2.00. The molecule has 0 radical (unpaired) electrons. The van der Waals surface area contributed by atoms with E-state index in [2.05, 4.69) is 0 Å². The first-order valence-electron chi connectivity index (χ1n) is 7.75. The van der Waals surface area contributed by atoms with Gasteiger partial charge in [0.2, 0.25) is 0 Å². The van der Waals surface area contributed by atoms with Crippen molar-refractivity contribution >= 4 is 34.0 Å². The molecule has 0 unspecified atom stereocenters. The maximum absolute atomic E-state index is 13.0. The Morgan fingerprint density at radius 2 is 1.46 bits per heavy atom. The second-order valence-corrected chi connectivity index (χ2v) is 6.22. The normalized spacial score (nSPS) is 13.7. The van der Waals surface area contributed by atoms with Crippen LogP contribution in [0, 0.1) is 13.8 Å². The minimum atomic E-state index is -0.311. The van der Waals surface area contributed by atoms with E-state index in [1.54, 1.807) is 24.3 Å². The Hall–Kier alpha value is -3.14. The number of nitrogen functional groups attached to an aromatic ring is 1. The Bertz CT molecular complexity index is 995. The van der Waals surface area contributed by atoms with Crippen molar-refractivity contribution in [2.24, 2.45) is 0 Å². The number of hydrogen-bond donors (Lipinski definition) is 1. The summed E-state index contributed by atoms with van der Waals surface area (Å²) in [6.45, 7) is 3.90. The van der Waals surface area contributed by atoms with Gasteiger partial charge in [0.15, 0.2) is 0 Å². The van der Waals surface area contributed by atoms with Gasteiger partial charge in [0, 0.05) is 27.6 Å². The van der Waals surface area contributed by atoms with Crippen LogP contribution in [0.15, 0.2) is 48.5 Å². The van der Waals surface area contributed by atoms with E-state index < -0.39 is 0 Å². The molecule has 1 aliphatic rings. The van der Waals surface area contributed by atoms with Crippen LogP contribution < -0.4 is 10.6 Å². The maximum Gasteiger partial charge on any atom is 0.265 e. The van der Waals surface area contributed by atoms with Crippen LogP contribution in [-0.2, 0) is 0 Å². The molecular formula is C20H16N2O2. The van der Waals surface area contributed by atoms with Crippen molar-refractivity contribution in [2.75, 3.05) is 10.6 Å². The second kappa shape index (κ2) is 4.93. The highest BCUT2D eigenvalue weighted by molar-refractivity contribution is 6.36. The van der Waals surface area contributed by atoms with Gasteiger partial charge in [0.05, 0.1) is 5.69 Å². The fraction of sp³-hybridized carbons (Fsp3) is 0.100. The quantitative estimate of drug-likeness (QED) is 0.548. The zero-order valence-electron chi connectivity index (χ0n) is 13.5. The smallest absolute Gasteiger partial charge is 0.265 e. The van der Waals surface area contributed by atoms with Gasteiger partial charge in [-0.05, 0) is 55.3 Å². The van der Waals surface area contributed by atoms with Gasteiger partial charge in [0.1, 0.15) is 0 Å². The summed E-state index contributed by atoms with van der Waals surface area (Å²) in [6, 6.07) is 14.5. The van der Waals surface area contributed by atoms with E-state index in [-0.39, 0.29) is 11.8 Å². The summed E-state index contributed by atoms with van der Waals surface area (Å²) in [7, 11) is 0. The number of nitrogens with two attached hydrogens (primary N) is 1. The first kappa shape index (κ1) is 14.5. The summed E-state index contributed by atoms with van der Waals surface area (Å²) in [6.07, 6.45) is 0. The molecule has 0 bridgehead atoms. The molecule has 1 heterocycles. The van der Waals surface area contributed by atoms with E-state index in [0.29, 0.717) is 27.9 Å². The summed E-state index contributed by atoms with van der Waals surface area (Å²) >= 11 is 0. The van der Waals surface area contributed by atoms with E-state index in [0.717, 1.165) is 16.5 Å². The molecule has 0 saturated carbocycles. The molecule has 0 spiro atoms. The number of imide groups is 1. The molecule has 2 N–H and O–H groups in total. The number of amides is 2. The lowest BCUT2D eigenvalue weighted by atomic mass is 9.92. The van der Waals surface area contributed by atoms with Crippen LogP contribution in [-0.4, -0.2) is 11.8 Å². The number of benzene rings is 3. The fourth-order valence-electron chi connectivity index (χ4n) is 3.43. The van der Waals surface area contributed by atoms with Crippen LogP contribution in [0.1, 0.15) is 31.8 Å². The molecule has 4 heteroatoms. The molecule has 3 aromatic rings. The Kier molecular flexibility index (Phi) is 2.97. The predicted molar refractivity (Wildman–Crippen MR) is 95.4 cm³/mol. The molecule has 1 aliphatic heterocycles. The molecule has 0 aromatic heterocycles. The zero-order chi connectivity index (χ0) is 17.0. The Morgan fingerprint density at radius 3 is 2.12 bits per heavy atom. The summed E-state index contributed by atoms with van der Waals surface area (Å²) < 4.78 is 0. The van der Waals surface area contributed by atoms with E-state index >= 15 is 0 Å². The van der Waals surface area contributed by atoms with Crippen LogP contribution in [0.25, 0.3) is 10.8 Å². The number of aryl methyl sites for hydroxylation is 2. The van der Waals surface area contributed by atoms with Crippen molar-refractivity contribution in [3.8, 4) is 0 Å². The summed E-state index contributed by atoms with van der Waals surface area (Å²) in [5.74, 6) is -0.623. The highest BCUT2D eigenvalue weighted by atomic mass is 16.2. The van der Waals surface area contributed by atoms with Gasteiger partial charge in [-0.2, -0.15) is 0 Å². The van der Waals surface area contributed by atoms with Crippen LogP contribution in [0.3, 0.4) is 0 Å². The zero-order valence-corrected chi connectivity index (χ0v) is 13.5. The number of nitrogens with zero attached hydrogens (tertiary/aromatic N) is 1. The molecule has 0 saturated heterocycles. The number of rotatable bonds is 1. The molecule has 3 aromatic carbocycles. The molecule has 0 atom stereocenters. The average Bonchev–Trinajstić information content (AvgIpc) is 2.53. The van der Waals surface area contributed by atoms with Gasteiger partial charge < -0.3 is 5.73 Å². The fourth-order valence-corrected chi connectivity index (χ4v) is 3.43. The molecular weight excluding hydrogens is 300 g/mol. The van der Waals surface area contributed by atoms with Gasteiger partial charge in [0.25, 0.3) is 11.8 Å². The van der Waals surface area contributed by atoms with E-state index in [4.69, 9.17) is 5.73 Å². The van der Waals surface area contributed by atoms with Gasteiger partial charge in [-0.25, -0.2) is 4.90 Å². The topological polar surface area (TPSA) is 63.4 Å². The lowest BCUT2D eigenvalue weighted by Gasteiger charge is -2.28. The third-order valence-corrected chi connectivity index (χ3v) is 4.41. The minimum absolute atomic E-state index is 0.311. The van der Waals surface area contributed by atoms with Gasteiger partial charge in [-0.15, -0.1) is 0 Å². The summed E-state index contributed by atoms with van der Waals surface area (Å²) in [4.78, 5) is 27.3. The van der Waals surface area contributed by atoms with Gasteiger partial charge in [-0.3, -0.25) is 9.59 Å². The van der Waals surface area contributed by atoms with E-state index in [1.807, 2.05) is 38.1 Å². The van der Waals surface area contributed by atoms with Crippen molar-refractivity contribution in [1.29, 1.82) is 0 Å². The number of carbonyl (C=O) groups excluding carboxylic acids is 2. The van der Waals surface area contributed by atoms with Crippen molar-refractivity contribution < 1.29 is 9.59 Å². The highest BCUT2D eigenvalue weighted by Gasteiger charge is 2.34. The molecule has 118 valence electrons. The predicted octanol–water partition coefficient (Wildman–Crippen LogP) is 3.84. The van der Waals surface area contributed by atoms with Crippen LogP contribution in [0.5, 0.6) is 0 Å². The number of anilines is 2. The molecule has 4 nitrogen and oxygen atoms in total. The van der Waals surface area contributed by atoms with Crippen LogP contribution in [0.2, 0.25) is 0 Å². The maximum atomic E-state index is 13.0. The lowest BCUT2D eigenvalue weighted by molar-refractivity contribution is 0.0893. The first-order valence-corrected chi connectivity index (χ1v) is 7.75. The molecule has 2 amide bonds. The van der Waals surface area contributed by atoms with Crippen molar-refractivity contribution in [2.45, 2.75) is 13.8 Å². The number of hydrogen-bond acceptors (Lipinski definition) is 3. The Labute approximate surface area is 139 Å². The third-order valence-electron chi connectivity index (χ3n) is 4.41. The highest BCUT2D eigenvalue weighted by Crippen LogP contribution is 2.35. The SMILES string of the molecule is Cc1cc(C)cc(N2C(=O)c3cccc4c(N)ccc(c34)C2=O)c1. The first-order chi connectivity index (χ1) is 11.5. The molecule has 24 heavy (non-hydrogen) atoms. The third kappa shape index (κ3) is 1.93. The molecule has 4 rings (SSSR count). The van der Waals surface area contributed by atoms with Gasteiger partial charge in [-0.1, -0.05) is 18.2 Å². The molecule has 0 aliphatic carbocycles. The minimum Gasteiger partial charge on any atom is -0.398 e. The van der Waals surface area contributed by atoms with Crippen molar-refractivity contribution in [3.63, 3.8) is 0 Å². The van der Waals surface area contributed by atoms with E-state index in [1.165, 1.54) is 4.90 Å². The lowest BCUT2D eigenvalue weighted by Crippen LogP contribution is -2.40. The van der Waals surface area contributed by atoms with Gasteiger partial charge >= 0.3 is 0 Å². The van der Waals surface area contributed by atoms with Crippen molar-refractivity contribution in [1.82, 2.24) is 0 Å². The Morgan fingerprint density at radius 1 is 0.833 bits per heavy atom. The van der Waals surface area contributed by atoms with Crippen LogP contribution in [0.4, 0.5) is 11.4 Å². The largest absolute Gasteiger partial charge is 0.398 e. The number of carbonyl (C=O) groups is 2. The monoisotopic (exact) mass is 316 g/mol. The summed E-state index contributed by atoms with van der Waals surface area (Å²) in [5, 5.41) is 1.39. The van der Waals surface area contributed by atoms with Crippen molar-refractivity contribution in [3.05, 3.63) is 70.8 Å². The average molecular weight is 316 g/mol. The van der Waals surface area contributed by atoms with E-state index in [9.17, 15) is 9.59 Å². The second-order valence-electron chi connectivity index (χ2n) is 6.22. The van der Waals surface area contributed by atoms with Crippen LogP contribution >= 0.6 is 0 Å². The standard InChI is InChI=1S/C20H16N2O2/c1-11-8-12(2)10-13(9-11)22-19(23)15-5-3-4-14-17(21)7-6-16(18(14)15)20(22)24/h3-10H,21H2,1-2H3. The molecule has 0 fully saturated rings.